The van der Waals surface area contributed by atoms with Crippen LogP contribution in [0.2, 0.25) is 0 Å². The third kappa shape index (κ3) is 5.30. The van der Waals surface area contributed by atoms with Crippen LogP contribution in [0.5, 0.6) is 0 Å². The maximum Gasteiger partial charge on any atom is 0.374 e. The highest BCUT2D eigenvalue weighted by Gasteiger charge is 2.34. The number of piperidine rings is 1. The van der Waals surface area contributed by atoms with Crippen molar-refractivity contribution in [1.82, 2.24) is 9.62 Å². The van der Waals surface area contributed by atoms with Gasteiger partial charge in [-0.05, 0) is 67.6 Å². The van der Waals surface area contributed by atoms with Gasteiger partial charge in [0.2, 0.25) is 16.8 Å². The average molecular weight is 455 g/mol. The van der Waals surface area contributed by atoms with Gasteiger partial charge in [-0.25, -0.2) is 13.2 Å². The maximum absolute atomic E-state index is 12.8. The summed E-state index contributed by atoms with van der Waals surface area (Å²) in [6.07, 6.45) is 1.63. The van der Waals surface area contributed by atoms with Gasteiger partial charge >= 0.3 is 5.97 Å². The normalized spacial score (nSPS) is 16.9. The molecule has 30 heavy (non-hydrogen) atoms. The summed E-state index contributed by atoms with van der Waals surface area (Å²) >= 11 is 1.63. The largest absolute Gasteiger partial charge is 0.460 e. The molecule has 0 saturated carbocycles. The number of amides is 1. The minimum atomic E-state index is -3.87. The summed E-state index contributed by atoms with van der Waals surface area (Å²) in [5.74, 6) is -1.12. The maximum atomic E-state index is 12.8. The first-order chi connectivity index (χ1) is 14.3. The van der Waals surface area contributed by atoms with Gasteiger partial charge in [0.1, 0.15) is 0 Å². The van der Waals surface area contributed by atoms with Crippen LogP contribution in [0, 0.1) is 5.92 Å². The highest BCUT2D eigenvalue weighted by atomic mass is 32.2. The molecule has 1 aliphatic rings. The zero-order valence-corrected chi connectivity index (χ0v) is 18.6. The topological polar surface area (TPSA) is 106 Å². The zero-order valence-electron chi connectivity index (χ0n) is 17.0. The molecule has 8 nitrogen and oxygen atoms in total. The minimum absolute atomic E-state index is 0.0123. The van der Waals surface area contributed by atoms with Crippen LogP contribution in [0.15, 0.2) is 38.5 Å². The predicted molar refractivity (Wildman–Crippen MR) is 112 cm³/mol. The molecular weight excluding hydrogens is 428 g/mol. The Morgan fingerprint density at radius 3 is 2.67 bits per heavy atom. The van der Waals surface area contributed by atoms with Crippen LogP contribution < -0.4 is 5.32 Å². The highest BCUT2D eigenvalue weighted by molar-refractivity contribution is 7.89. The van der Waals surface area contributed by atoms with E-state index in [2.05, 4.69) is 10.7 Å². The summed E-state index contributed by atoms with van der Waals surface area (Å²) in [5, 5.41) is 6.81. The fourth-order valence-corrected chi connectivity index (χ4v) is 5.49. The molecule has 0 aliphatic carbocycles. The molecular formula is C20H26N2O6S2. The molecule has 3 rings (SSSR count). The van der Waals surface area contributed by atoms with E-state index < -0.39 is 16.0 Å². The zero-order chi connectivity index (χ0) is 21.7. The van der Waals surface area contributed by atoms with Crippen LogP contribution in [0.1, 0.15) is 42.8 Å². The van der Waals surface area contributed by atoms with E-state index in [0.717, 1.165) is 6.42 Å². The van der Waals surface area contributed by atoms with Crippen LogP contribution in [0.3, 0.4) is 0 Å². The van der Waals surface area contributed by atoms with Crippen LogP contribution in [0.25, 0.3) is 0 Å². The number of rotatable bonds is 8. The molecule has 1 atom stereocenters. The van der Waals surface area contributed by atoms with E-state index in [-0.39, 0.29) is 48.4 Å². The number of ether oxygens (including phenoxy) is 1. The van der Waals surface area contributed by atoms with Gasteiger partial charge in [-0.3, -0.25) is 4.79 Å². The van der Waals surface area contributed by atoms with Crippen molar-refractivity contribution in [2.24, 2.45) is 5.92 Å². The molecule has 0 spiro atoms. The molecule has 2 aromatic rings. The Hall–Kier alpha value is -2.17. The van der Waals surface area contributed by atoms with Crippen LogP contribution in [-0.4, -0.2) is 50.3 Å². The van der Waals surface area contributed by atoms with Crippen molar-refractivity contribution in [3.05, 3.63) is 40.3 Å². The van der Waals surface area contributed by atoms with Crippen molar-refractivity contribution in [1.29, 1.82) is 0 Å². The van der Waals surface area contributed by atoms with Gasteiger partial charge in [-0.2, -0.15) is 15.6 Å². The van der Waals surface area contributed by atoms with Crippen molar-refractivity contribution in [3.63, 3.8) is 0 Å². The molecule has 0 aromatic carbocycles. The number of nitrogens with zero attached hydrogens (tertiary/aromatic N) is 1. The van der Waals surface area contributed by atoms with E-state index in [1.54, 1.807) is 18.3 Å². The molecule has 0 radical (unpaired) electrons. The molecule has 1 saturated heterocycles. The number of esters is 1. The summed E-state index contributed by atoms with van der Waals surface area (Å²) in [7, 11) is -3.87. The van der Waals surface area contributed by atoms with Gasteiger partial charge in [0.15, 0.2) is 0 Å². The number of sulfonamides is 1. The number of furan rings is 1. The van der Waals surface area contributed by atoms with E-state index in [1.165, 1.54) is 22.0 Å². The first-order valence-corrected chi connectivity index (χ1v) is 12.3. The lowest BCUT2D eigenvalue weighted by molar-refractivity contribution is -0.126. The summed E-state index contributed by atoms with van der Waals surface area (Å²) in [4.78, 5) is 24.3. The SMILES string of the molecule is CCOC(=O)c1ccc(S(=O)(=O)N2CCC(C(=O)NC(C)Cc3ccsc3)CC2)o1. The number of hydrogen-bond acceptors (Lipinski definition) is 7. The summed E-state index contributed by atoms with van der Waals surface area (Å²) in [5.41, 5.74) is 1.19. The van der Waals surface area contributed by atoms with Gasteiger partial charge < -0.3 is 14.5 Å². The fraction of sp³-hybridized carbons (Fsp3) is 0.500. The van der Waals surface area contributed by atoms with Gasteiger partial charge in [-0.15, -0.1) is 0 Å². The lowest BCUT2D eigenvalue weighted by Crippen LogP contribution is -2.45. The van der Waals surface area contributed by atoms with E-state index in [0.29, 0.717) is 12.8 Å². The van der Waals surface area contributed by atoms with Crippen LogP contribution in [-0.2, 0) is 26.0 Å². The van der Waals surface area contributed by atoms with Crippen molar-refractivity contribution in [2.75, 3.05) is 19.7 Å². The molecule has 164 valence electrons. The first-order valence-electron chi connectivity index (χ1n) is 9.89. The standard InChI is InChI=1S/C20H26N2O6S2/c1-3-27-20(24)17-4-5-18(28-17)30(25,26)22-9-6-16(7-10-22)19(23)21-14(2)12-15-8-11-29-13-15/h4-5,8,11,13-14,16H,3,6-7,9-10,12H2,1-2H3,(H,21,23). The Bertz CT molecular complexity index is 959. The van der Waals surface area contributed by atoms with Gasteiger partial charge in [-0.1, -0.05) is 0 Å². The monoisotopic (exact) mass is 454 g/mol. The van der Waals surface area contributed by atoms with E-state index in [4.69, 9.17) is 9.15 Å². The third-order valence-electron chi connectivity index (χ3n) is 4.99. The minimum Gasteiger partial charge on any atom is -0.460 e. The molecule has 0 bridgehead atoms. The second-order valence-corrected chi connectivity index (χ2v) is 9.91. The number of carbonyl (C=O) groups excluding carboxylic acids is 2. The van der Waals surface area contributed by atoms with Gasteiger partial charge in [0.05, 0.1) is 6.61 Å². The lowest BCUT2D eigenvalue weighted by atomic mass is 9.96. The Balaban J connectivity index is 1.54. The van der Waals surface area contributed by atoms with E-state index in [1.807, 2.05) is 18.4 Å². The van der Waals surface area contributed by atoms with Gasteiger partial charge in [0, 0.05) is 25.0 Å². The quantitative estimate of drug-likeness (QED) is 0.615. The summed E-state index contributed by atoms with van der Waals surface area (Å²) in [6.45, 7) is 4.22. The Morgan fingerprint density at radius 1 is 1.30 bits per heavy atom. The molecule has 1 amide bonds. The number of hydrogen-bond donors (Lipinski definition) is 1. The van der Waals surface area contributed by atoms with E-state index in [9.17, 15) is 18.0 Å². The van der Waals surface area contributed by atoms with Crippen molar-refractivity contribution in [3.8, 4) is 0 Å². The Labute approximate surface area is 180 Å². The highest BCUT2D eigenvalue weighted by Crippen LogP contribution is 2.25. The smallest absolute Gasteiger partial charge is 0.374 e. The van der Waals surface area contributed by atoms with Gasteiger partial charge in [0.25, 0.3) is 10.0 Å². The van der Waals surface area contributed by atoms with Crippen molar-refractivity contribution in [2.45, 2.75) is 44.2 Å². The summed E-state index contributed by atoms with van der Waals surface area (Å²) in [6, 6.07) is 4.60. The van der Waals surface area contributed by atoms with E-state index >= 15 is 0 Å². The number of thiophene rings is 1. The molecule has 1 fully saturated rings. The molecule has 1 N–H and O–H groups in total. The van der Waals surface area contributed by atoms with Crippen LogP contribution in [0.4, 0.5) is 0 Å². The first kappa shape index (κ1) is 22.5. The lowest BCUT2D eigenvalue weighted by Gasteiger charge is -2.30. The Morgan fingerprint density at radius 2 is 2.03 bits per heavy atom. The van der Waals surface area contributed by atoms with Crippen molar-refractivity contribution < 1.29 is 27.2 Å². The Kier molecular flexibility index (Phi) is 7.32. The number of carbonyl (C=O) groups is 2. The predicted octanol–water partition coefficient (Wildman–Crippen LogP) is 2.67. The summed E-state index contributed by atoms with van der Waals surface area (Å²) < 4.78 is 36.9. The fourth-order valence-electron chi connectivity index (χ4n) is 3.43. The second-order valence-electron chi connectivity index (χ2n) is 7.26. The van der Waals surface area contributed by atoms with Crippen LogP contribution >= 0.6 is 11.3 Å². The molecule has 10 heteroatoms. The third-order valence-corrected chi connectivity index (χ3v) is 7.49. The number of nitrogens with one attached hydrogen (secondary N) is 1. The molecule has 1 unspecified atom stereocenters. The van der Waals surface area contributed by atoms with Crippen molar-refractivity contribution >= 4 is 33.2 Å². The second kappa shape index (κ2) is 9.76. The molecule has 2 aromatic heterocycles. The molecule has 1 aliphatic heterocycles. The average Bonchev–Trinajstić information content (AvgIpc) is 3.40. The molecule has 3 heterocycles.